The molecule has 0 saturated carbocycles. The molecule has 288 valence electrons. The molecule has 1 aliphatic carbocycles. The van der Waals surface area contributed by atoms with Gasteiger partial charge in [0.25, 0.3) is 0 Å². The van der Waals surface area contributed by atoms with Gasteiger partial charge in [-0.15, -0.1) is 0 Å². The predicted molar refractivity (Wildman–Crippen MR) is 198 cm³/mol. The van der Waals surface area contributed by atoms with Crippen molar-refractivity contribution >= 4 is 17.9 Å². The minimum Gasteiger partial charge on any atom is -0.494 e. The first kappa shape index (κ1) is 41.4. The molecule has 4 rings (SSSR count). The van der Waals surface area contributed by atoms with Crippen LogP contribution >= 0.6 is 0 Å². The average Bonchev–Trinajstić information content (AvgIpc) is 3.15. The van der Waals surface area contributed by atoms with Gasteiger partial charge >= 0.3 is 24.1 Å². The Labute approximate surface area is 311 Å². The lowest BCUT2D eigenvalue weighted by atomic mass is 9.89. The summed E-state index contributed by atoms with van der Waals surface area (Å²) < 4.78 is 63.6. The summed E-state index contributed by atoms with van der Waals surface area (Å²) in [7, 11) is 0. The third-order valence-electron chi connectivity index (χ3n) is 9.49. The minimum absolute atomic E-state index is 0.0788. The minimum atomic E-state index is -4.73. The molecule has 3 aromatic rings. The van der Waals surface area contributed by atoms with Crippen LogP contribution in [0.1, 0.15) is 152 Å². The Morgan fingerprint density at radius 2 is 1.17 bits per heavy atom. The largest absolute Gasteiger partial charge is 0.494 e. The van der Waals surface area contributed by atoms with Gasteiger partial charge in [-0.3, -0.25) is 0 Å². The molecule has 1 atom stereocenters. The highest BCUT2D eigenvalue weighted by Crippen LogP contribution is 2.36. The van der Waals surface area contributed by atoms with E-state index >= 15 is 0 Å². The van der Waals surface area contributed by atoms with E-state index in [0.29, 0.717) is 42.7 Å². The lowest BCUT2D eigenvalue weighted by Crippen LogP contribution is -2.34. The summed E-state index contributed by atoms with van der Waals surface area (Å²) in [6, 6.07) is 15.5. The first-order valence-corrected chi connectivity index (χ1v) is 19.3. The van der Waals surface area contributed by atoms with Crippen LogP contribution in [0, 0.1) is 0 Å². The summed E-state index contributed by atoms with van der Waals surface area (Å²) >= 11 is 0. The van der Waals surface area contributed by atoms with Crippen LogP contribution in [-0.2, 0) is 17.6 Å². The summed E-state index contributed by atoms with van der Waals surface area (Å²) in [5.41, 5.74) is 1.68. The zero-order valence-electron chi connectivity index (χ0n) is 31.1. The Bertz CT molecular complexity index is 1600. The number of carbonyl (C=O) groups is 3. The molecule has 0 N–H and O–H groups in total. The maximum atomic E-state index is 13.8. The second-order valence-electron chi connectivity index (χ2n) is 13.7. The third-order valence-corrected chi connectivity index (χ3v) is 9.49. The fraction of sp³-hybridized carbons (Fsp3) is 0.512. The van der Waals surface area contributed by atoms with Crippen LogP contribution in [0.2, 0.25) is 0 Å². The van der Waals surface area contributed by atoms with Crippen LogP contribution in [0.15, 0.2) is 60.7 Å². The molecule has 0 heterocycles. The van der Waals surface area contributed by atoms with E-state index in [2.05, 4.69) is 6.92 Å². The van der Waals surface area contributed by atoms with E-state index < -0.39 is 30.2 Å². The summed E-state index contributed by atoms with van der Waals surface area (Å²) in [6.45, 7) is 4.79. The number of fused-ring (bicyclic) bond motifs is 1. The number of unbranched alkanes of at least 4 members (excludes halogenated alkanes) is 10. The van der Waals surface area contributed by atoms with Crippen molar-refractivity contribution in [2.24, 2.45) is 0 Å². The number of esters is 3. The SMILES string of the molecule is CCCCCCCCCCOc1ccc(C(=O)Oc2ccc(C(=O)Oc3c(C(=O)O[C@H](CCCCCC)C(F)(F)F)ccc4c3CCCC4)cc2)cc1. The van der Waals surface area contributed by atoms with Gasteiger partial charge < -0.3 is 18.9 Å². The topological polar surface area (TPSA) is 88.1 Å². The monoisotopic (exact) mass is 738 g/mol. The smallest absolute Gasteiger partial charge is 0.425 e. The number of halogens is 3. The van der Waals surface area contributed by atoms with Gasteiger partial charge in [-0.1, -0.05) is 84.1 Å². The number of alkyl halides is 3. The Balaban J connectivity index is 1.34. The molecule has 53 heavy (non-hydrogen) atoms. The molecule has 1 aliphatic rings. The number of hydrogen-bond acceptors (Lipinski definition) is 7. The number of carbonyl (C=O) groups excluding carboxylic acids is 3. The Morgan fingerprint density at radius 3 is 1.79 bits per heavy atom. The molecule has 0 saturated heterocycles. The number of benzene rings is 3. The van der Waals surface area contributed by atoms with Gasteiger partial charge in [0.05, 0.1) is 17.7 Å². The van der Waals surface area contributed by atoms with Crippen LogP contribution in [0.25, 0.3) is 0 Å². The third kappa shape index (κ3) is 13.2. The van der Waals surface area contributed by atoms with Crippen LogP contribution in [0.4, 0.5) is 13.2 Å². The standard InChI is InChI=1S/C43H53F3O7/c1-3-5-7-9-10-11-12-16-30-50-34-25-20-32(21-26-34)40(47)51-35-27-22-33(23-28-35)41(48)53-39-36-18-15-14-17-31(36)24-29-37(39)42(49)52-38(43(44,45)46)19-13-8-6-4-2/h20-29,38H,3-19,30H2,1-2H3/t38-/m1/s1. The fourth-order valence-electron chi connectivity index (χ4n) is 6.40. The van der Waals surface area contributed by atoms with Gasteiger partial charge in [-0.05, 0) is 111 Å². The summed E-state index contributed by atoms with van der Waals surface area (Å²) in [5.74, 6) is -1.80. The normalized spacial score (nSPS) is 13.2. The van der Waals surface area contributed by atoms with Crippen LogP contribution in [-0.4, -0.2) is 36.8 Å². The second kappa shape index (κ2) is 21.4. The van der Waals surface area contributed by atoms with E-state index in [1.54, 1.807) is 30.3 Å². The molecule has 0 amide bonds. The average molecular weight is 739 g/mol. The lowest BCUT2D eigenvalue weighted by molar-refractivity contribution is -0.206. The maximum absolute atomic E-state index is 13.8. The van der Waals surface area contributed by atoms with Gasteiger partial charge in [0, 0.05) is 0 Å². The first-order chi connectivity index (χ1) is 25.6. The van der Waals surface area contributed by atoms with Crippen molar-refractivity contribution in [2.75, 3.05) is 6.61 Å². The Hall–Kier alpha value is -4.34. The fourth-order valence-corrected chi connectivity index (χ4v) is 6.40. The second-order valence-corrected chi connectivity index (χ2v) is 13.7. The molecule has 0 bridgehead atoms. The van der Waals surface area contributed by atoms with Crippen LogP contribution < -0.4 is 14.2 Å². The van der Waals surface area contributed by atoms with Crippen LogP contribution in [0.5, 0.6) is 17.2 Å². The van der Waals surface area contributed by atoms with Crippen molar-refractivity contribution in [3.8, 4) is 17.2 Å². The molecular weight excluding hydrogens is 685 g/mol. The highest BCUT2D eigenvalue weighted by molar-refractivity contribution is 5.97. The van der Waals surface area contributed by atoms with Gasteiger partial charge in [0.2, 0.25) is 0 Å². The van der Waals surface area contributed by atoms with E-state index in [9.17, 15) is 27.6 Å². The zero-order valence-corrected chi connectivity index (χ0v) is 31.1. The van der Waals surface area contributed by atoms with Crippen molar-refractivity contribution in [1.29, 1.82) is 0 Å². The molecule has 0 aromatic heterocycles. The van der Waals surface area contributed by atoms with Crippen LogP contribution in [0.3, 0.4) is 0 Å². The first-order valence-electron chi connectivity index (χ1n) is 19.3. The summed E-state index contributed by atoms with van der Waals surface area (Å²) in [4.78, 5) is 39.4. The van der Waals surface area contributed by atoms with Crippen molar-refractivity contribution < 1.29 is 46.5 Å². The number of ether oxygens (including phenoxy) is 4. The quantitative estimate of drug-likeness (QED) is 0.0611. The van der Waals surface area contributed by atoms with E-state index in [1.807, 2.05) is 6.92 Å². The van der Waals surface area contributed by atoms with Gasteiger partial charge in [-0.25, -0.2) is 14.4 Å². The Morgan fingerprint density at radius 1 is 0.623 bits per heavy atom. The van der Waals surface area contributed by atoms with Crippen molar-refractivity contribution in [2.45, 2.75) is 135 Å². The van der Waals surface area contributed by atoms with E-state index in [-0.39, 0.29) is 35.5 Å². The van der Waals surface area contributed by atoms with E-state index in [0.717, 1.165) is 44.1 Å². The van der Waals surface area contributed by atoms with E-state index in [4.69, 9.17) is 18.9 Å². The summed E-state index contributed by atoms with van der Waals surface area (Å²) in [6.07, 6.45) is 7.75. The molecule has 3 aromatic carbocycles. The van der Waals surface area contributed by atoms with Gasteiger partial charge in [-0.2, -0.15) is 13.2 Å². The molecule has 0 unspecified atom stereocenters. The van der Waals surface area contributed by atoms with Gasteiger partial charge in [0.15, 0.2) is 6.10 Å². The summed E-state index contributed by atoms with van der Waals surface area (Å²) in [5, 5.41) is 0. The molecule has 10 heteroatoms. The lowest BCUT2D eigenvalue weighted by Gasteiger charge is -2.24. The van der Waals surface area contributed by atoms with E-state index in [1.165, 1.54) is 68.9 Å². The molecular formula is C43H53F3O7. The molecule has 7 nitrogen and oxygen atoms in total. The number of hydrogen-bond donors (Lipinski definition) is 0. The van der Waals surface area contributed by atoms with Crippen molar-refractivity contribution in [3.05, 3.63) is 88.5 Å². The number of rotatable bonds is 21. The molecule has 0 fully saturated rings. The molecule has 0 radical (unpaired) electrons. The Kier molecular flexibility index (Phi) is 16.7. The molecule has 0 aliphatic heterocycles. The zero-order chi connectivity index (χ0) is 38.1. The highest BCUT2D eigenvalue weighted by Gasteiger charge is 2.43. The van der Waals surface area contributed by atoms with Crippen molar-refractivity contribution in [1.82, 2.24) is 0 Å². The highest BCUT2D eigenvalue weighted by atomic mass is 19.4. The number of aryl methyl sites for hydroxylation is 1. The van der Waals surface area contributed by atoms with Gasteiger partial charge in [0.1, 0.15) is 22.8 Å². The van der Waals surface area contributed by atoms with Crippen molar-refractivity contribution in [3.63, 3.8) is 0 Å². The maximum Gasteiger partial charge on any atom is 0.425 e. The predicted octanol–water partition coefficient (Wildman–Crippen LogP) is 11.6. The molecule has 0 spiro atoms.